The molecular formula is C17H19FO2. The van der Waals surface area contributed by atoms with Gasteiger partial charge in [0.25, 0.3) is 0 Å². The molecule has 0 bridgehead atoms. The second kappa shape index (κ2) is 7.04. The Hall–Kier alpha value is -1.90. The Morgan fingerprint density at radius 3 is 2.55 bits per heavy atom. The molecule has 0 aliphatic rings. The molecule has 0 radical (unpaired) electrons. The summed E-state index contributed by atoms with van der Waals surface area (Å²) in [5.74, 6) is -0.696. The van der Waals surface area contributed by atoms with Gasteiger partial charge in [0.15, 0.2) is 0 Å². The summed E-state index contributed by atoms with van der Waals surface area (Å²) in [4.78, 5) is 12.1. The first kappa shape index (κ1) is 14.5. The lowest BCUT2D eigenvalue weighted by Crippen LogP contribution is -2.07. The molecule has 106 valence electrons. The van der Waals surface area contributed by atoms with Crippen LogP contribution in [-0.4, -0.2) is 12.6 Å². The lowest BCUT2D eigenvalue weighted by Gasteiger charge is -2.08. The fourth-order valence-corrected chi connectivity index (χ4v) is 2.21. The lowest BCUT2D eigenvalue weighted by molar-refractivity contribution is 0.0500. The van der Waals surface area contributed by atoms with Crippen molar-refractivity contribution in [2.75, 3.05) is 6.61 Å². The second-order valence-electron chi connectivity index (χ2n) is 4.84. The van der Waals surface area contributed by atoms with Crippen LogP contribution in [-0.2, 0) is 4.74 Å². The summed E-state index contributed by atoms with van der Waals surface area (Å²) in [6, 6.07) is 9.77. The molecule has 0 spiro atoms. The van der Waals surface area contributed by atoms with Crippen molar-refractivity contribution in [3.05, 3.63) is 47.8 Å². The third-order valence-corrected chi connectivity index (χ3v) is 3.32. The van der Waals surface area contributed by atoms with Crippen LogP contribution in [0.15, 0.2) is 36.4 Å². The van der Waals surface area contributed by atoms with Crippen molar-refractivity contribution in [1.29, 1.82) is 0 Å². The number of carbonyl (C=O) groups is 1. The topological polar surface area (TPSA) is 26.3 Å². The minimum atomic E-state index is -0.377. The summed E-state index contributed by atoms with van der Waals surface area (Å²) in [5.41, 5.74) is 0.428. The molecule has 2 nitrogen and oxygen atoms in total. The van der Waals surface area contributed by atoms with Crippen molar-refractivity contribution >= 4 is 16.7 Å². The van der Waals surface area contributed by atoms with Crippen LogP contribution in [0.4, 0.5) is 4.39 Å². The maximum Gasteiger partial charge on any atom is 0.338 e. The molecule has 0 heterocycles. The minimum Gasteiger partial charge on any atom is -0.462 e. The summed E-state index contributed by atoms with van der Waals surface area (Å²) >= 11 is 0. The molecule has 3 heteroatoms. The van der Waals surface area contributed by atoms with Crippen LogP contribution in [0.1, 0.15) is 43.0 Å². The number of esters is 1. The standard InChI is InChI=1S/C17H19FO2/c1-2-3-4-7-12-20-17(19)15-10-11-16(18)14-9-6-5-8-13(14)15/h5-6,8-11H,2-4,7,12H2,1H3. The number of hydrogen-bond donors (Lipinski definition) is 0. The average Bonchev–Trinajstić information content (AvgIpc) is 2.47. The smallest absolute Gasteiger partial charge is 0.338 e. The Morgan fingerprint density at radius 2 is 1.80 bits per heavy atom. The number of benzene rings is 2. The largest absolute Gasteiger partial charge is 0.462 e. The Morgan fingerprint density at radius 1 is 1.05 bits per heavy atom. The van der Waals surface area contributed by atoms with E-state index in [-0.39, 0.29) is 11.8 Å². The van der Waals surface area contributed by atoms with Crippen LogP contribution < -0.4 is 0 Å². The van der Waals surface area contributed by atoms with E-state index in [2.05, 4.69) is 6.92 Å². The van der Waals surface area contributed by atoms with E-state index in [0.29, 0.717) is 22.9 Å². The van der Waals surface area contributed by atoms with E-state index < -0.39 is 0 Å². The summed E-state index contributed by atoms with van der Waals surface area (Å²) in [6.45, 7) is 2.56. The van der Waals surface area contributed by atoms with E-state index in [9.17, 15) is 9.18 Å². The van der Waals surface area contributed by atoms with Crippen molar-refractivity contribution in [3.63, 3.8) is 0 Å². The third-order valence-electron chi connectivity index (χ3n) is 3.32. The van der Waals surface area contributed by atoms with Crippen LogP contribution in [0.3, 0.4) is 0 Å². The molecule has 0 aliphatic heterocycles. The van der Waals surface area contributed by atoms with Crippen LogP contribution >= 0.6 is 0 Å². The number of ether oxygens (including phenoxy) is 1. The van der Waals surface area contributed by atoms with Gasteiger partial charge in [-0.25, -0.2) is 9.18 Å². The van der Waals surface area contributed by atoms with E-state index in [0.717, 1.165) is 25.7 Å². The third kappa shape index (κ3) is 3.35. The van der Waals surface area contributed by atoms with Gasteiger partial charge in [0.1, 0.15) is 5.82 Å². The second-order valence-corrected chi connectivity index (χ2v) is 4.84. The number of unbranched alkanes of at least 4 members (excludes halogenated alkanes) is 3. The van der Waals surface area contributed by atoms with Crippen LogP contribution in [0.2, 0.25) is 0 Å². The van der Waals surface area contributed by atoms with Crippen LogP contribution in [0.25, 0.3) is 10.8 Å². The normalized spacial score (nSPS) is 10.7. The Kier molecular flexibility index (Phi) is 5.10. The maximum atomic E-state index is 13.7. The fraction of sp³-hybridized carbons (Fsp3) is 0.353. The van der Waals surface area contributed by atoms with E-state index >= 15 is 0 Å². The van der Waals surface area contributed by atoms with Gasteiger partial charge in [-0.2, -0.15) is 0 Å². The minimum absolute atomic E-state index is 0.319. The molecule has 0 N–H and O–H groups in total. The molecule has 2 aromatic carbocycles. The van der Waals surface area contributed by atoms with Crippen molar-refractivity contribution in [2.45, 2.75) is 32.6 Å². The number of hydrogen-bond acceptors (Lipinski definition) is 2. The zero-order chi connectivity index (χ0) is 14.4. The van der Waals surface area contributed by atoms with Gasteiger partial charge in [0, 0.05) is 5.39 Å². The van der Waals surface area contributed by atoms with Gasteiger partial charge in [-0.3, -0.25) is 0 Å². The first-order chi connectivity index (χ1) is 9.74. The number of rotatable bonds is 6. The Labute approximate surface area is 118 Å². The van der Waals surface area contributed by atoms with Crippen molar-refractivity contribution in [3.8, 4) is 0 Å². The molecule has 0 aromatic heterocycles. The van der Waals surface area contributed by atoms with Gasteiger partial charge in [0.05, 0.1) is 12.2 Å². The van der Waals surface area contributed by atoms with Gasteiger partial charge in [-0.05, 0) is 23.9 Å². The molecule has 0 atom stereocenters. The number of halogens is 1. The van der Waals surface area contributed by atoms with Crippen LogP contribution in [0.5, 0.6) is 0 Å². The van der Waals surface area contributed by atoms with Crippen molar-refractivity contribution < 1.29 is 13.9 Å². The van der Waals surface area contributed by atoms with E-state index in [1.54, 1.807) is 24.3 Å². The van der Waals surface area contributed by atoms with Gasteiger partial charge in [-0.15, -0.1) is 0 Å². The average molecular weight is 274 g/mol. The number of carbonyl (C=O) groups excluding carboxylic acids is 1. The molecule has 0 aliphatic carbocycles. The first-order valence-electron chi connectivity index (χ1n) is 7.08. The maximum absolute atomic E-state index is 13.7. The van der Waals surface area contributed by atoms with E-state index in [4.69, 9.17) is 4.74 Å². The highest BCUT2D eigenvalue weighted by Gasteiger charge is 2.13. The SMILES string of the molecule is CCCCCCOC(=O)c1ccc(F)c2ccccc12. The zero-order valence-electron chi connectivity index (χ0n) is 11.7. The van der Waals surface area contributed by atoms with Crippen molar-refractivity contribution in [1.82, 2.24) is 0 Å². The summed E-state index contributed by atoms with van der Waals surface area (Å²) in [5, 5.41) is 1.05. The first-order valence-corrected chi connectivity index (χ1v) is 7.08. The summed E-state index contributed by atoms with van der Waals surface area (Å²) < 4.78 is 18.9. The fourth-order valence-electron chi connectivity index (χ4n) is 2.21. The molecule has 0 fully saturated rings. The summed E-state index contributed by atoms with van der Waals surface area (Å²) in [7, 11) is 0. The molecule has 0 saturated carbocycles. The lowest BCUT2D eigenvalue weighted by atomic mass is 10.0. The molecule has 20 heavy (non-hydrogen) atoms. The Bertz CT molecular complexity index is 593. The quantitative estimate of drug-likeness (QED) is 0.563. The monoisotopic (exact) mass is 274 g/mol. The van der Waals surface area contributed by atoms with Gasteiger partial charge < -0.3 is 4.74 Å². The van der Waals surface area contributed by atoms with Gasteiger partial charge >= 0.3 is 5.97 Å². The molecule has 0 unspecified atom stereocenters. The Balaban J connectivity index is 2.09. The predicted molar refractivity (Wildman–Crippen MR) is 78.3 cm³/mol. The van der Waals surface area contributed by atoms with Gasteiger partial charge in [-0.1, -0.05) is 50.5 Å². The number of fused-ring (bicyclic) bond motifs is 1. The highest BCUT2D eigenvalue weighted by atomic mass is 19.1. The molecular weight excluding hydrogens is 255 g/mol. The molecule has 0 saturated heterocycles. The molecule has 2 rings (SSSR count). The zero-order valence-corrected chi connectivity index (χ0v) is 11.7. The van der Waals surface area contributed by atoms with E-state index in [1.165, 1.54) is 12.1 Å². The van der Waals surface area contributed by atoms with Crippen molar-refractivity contribution in [2.24, 2.45) is 0 Å². The summed E-state index contributed by atoms with van der Waals surface area (Å²) in [6.07, 6.45) is 4.24. The highest BCUT2D eigenvalue weighted by Crippen LogP contribution is 2.22. The highest BCUT2D eigenvalue weighted by molar-refractivity contribution is 6.04. The van der Waals surface area contributed by atoms with Gasteiger partial charge in [0.2, 0.25) is 0 Å². The predicted octanol–water partition coefficient (Wildman–Crippen LogP) is 4.72. The van der Waals surface area contributed by atoms with E-state index in [1.807, 2.05) is 0 Å². The van der Waals surface area contributed by atoms with Crippen LogP contribution in [0, 0.1) is 5.82 Å². The molecule has 2 aromatic rings. The molecule has 0 amide bonds.